The highest BCUT2D eigenvalue weighted by molar-refractivity contribution is 5.84. The molecule has 20 heavy (non-hydrogen) atoms. The summed E-state index contributed by atoms with van der Waals surface area (Å²) in [5.41, 5.74) is -1.43. The van der Waals surface area contributed by atoms with Crippen molar-refractivity contribution >= 4 is 17.6 Å². The van der Waals surface area contributed by atoms with Crippen molar-refractivity contribution in [3.05, 3.63) is 29.6 Å². The molecule has 1 rings (SSSR count). The third-order valence-corrected chi connectivity index (χ3v) is 2.17. The van der Waals surface area contributed by atoms with Gasteiger partial charge in [-0.05, 0) is 18.2 Å². The van der Waals surface area contributed by atoms with Gasteiger partial charge in [-0.15, -0.1) is 0 Å². The normalized spacial score (nSPS) is 11.0. The van der Waals surface area contributed by atoms with Crippen LogP contribution in [0.15, 0.2) is 18.2 Å². The van der Waals surface area contributed by atoms with Crippen LogP contribution in [0.1, 0.15) is 5.56 Å². The first kappa shape index (κ1) is 15.7. The molecule has 0 unspecified atom stereocenters. The highest BCUT2D eigenvalue weighted by Gasteiger charge is 2.31. The Morgan fingerprint density at radius 1 is 1.20 bits per heavy atom. The maximum Gasteiger partial charge on any atom is 0.416 e. The number of carboxylic acids is 1. The Bertz CT molecular complexity index is 517. The van der Waals surface area contributed by atoms with E-state index in [1.165, 1.54) is 0 Å². The third-order valence-electron chi connectivity index (χ3n) is 2.17. The van der Waals surface area contributed by atoms with Crippen LogP contribution < -0.4 is 10.6 Å². The molecule has 110 valence electrons. The Morgan fingerprint density at radius 2 is 1.85 bits per heavy atom. The molecule has 1 aromatic carbocycles. The van der Waals surface area contributed by atoms with Crippen molar-refractivity contribution in [1.29, 1.82) is 0 Å². The highest BCUT2D eigenvalue weighted by atomic mass is 19.4. The van der Waals surface area contributed by atoms with Crippen molar-refractivity contribution in [3.8, 4) is 0 Å². The Balaban J connectivity index is 2.61. The van der Waals surface area contributed by atoms with Gasteiger partial charge in [0.05, 0.1) is 17.8 Å². The molecule has 0 fully saturated rings. The minimum Gasteiger partial charge on any atom is -0.480 e. The van der Waals surface area contributed by atoms with Gasteiger partial charge in [-0.1, -0.05) is 0 Å². The molecule has 0 saturated carbocycles. The van der Waals surface area contributed by atoms with Gasteiger partial charge in [0.25, 0.3) is 0 Å². The van der Waals surface area contributed by atoms with Gasteiger partial charge in [0.1, 0.15) is 12.4 Å². The van der Waals surface area contributed by atoms with Crippen LogP contribution in [-0.4, -0.2) is 30.1 Å². The van der Waals surface area contributed by atoms with Crippen LogP contribution in [0.5, 0.6) is 0 Å². The average Bonchev–Trinajstić information content (AvgIpc) is 2.33. The smallest absolute Gasteiger partial charge is 0.416 e. The molecular formula is C11H10F4N2O3. The number of halogens is 4. The number of benzene rings is 1. The number of hydrogen-bond acceptors (Lipinski definition) is 3. The van der Waals surface area contributed by atoms with Crippen molar-refractivity contribution in [2.45, 2.75) is 6.18 Å². The lowest BCUT2D eigenvalue weighted by Gasteiger charge is -2.10. The van der Waals surface area contributed by atoms with E-state index in [4.69, 9.17) is 5.11 Å². The summed E-state index contributed by atoms with van der Waals surface area (Å²) in [5, 5.41) is 12.6. The third kappa shape index (κ3) is 4.75. The molecule has 0 bridgehead atoms. The first-order valence-corrected chi connectivity index (χ1v) is 5.29. The Morgan fingerprint density at radius 3 is 2.35 bits per heavy atom. The molecule has 0 atom stereocenters. The van der Waals surface area contributed by atoms with Crippen LogP contribution in [0.25, 0.3) is 0 Å². The maximum absolute atomic E-state index is 13.4. The van der Waals surface area contributed by atoms with Crippen molar-refractivity contribution in [2.24, 2.45) is 0 Å². The SMILES string of the molecule is O=C(O)CNC(=O)CNc1ccc(C(F)(F)F)cc1F. The van der Waals surface area contributed by atoms with Gasteiger partial charge >= 0.3 is 12.1 Å². The zero-order chi connectivity index (χ0) is 15.3. The molecule has 0 aromatic heterocycles. The predicted molar refractivity (Wildman–Crippen MR) is 60.5 cm³/mol. The van der Waals surface area contributed by atoms with Crippen LogP contribution in [0.3, 0.4) is 0 Å². The molecule has 1 amide bonds. The number of anilines is 1. The van der Waals surface area contributed by atoms with E-state index < -0.39 is 42.5 Å². The second kappa shape index (κ2) is 6.22. The first-order valence-electron chi connectivity index (χ1n) is 5.29. The van der Waals surface area contributed by atoms with Gasteiger partial charge in [0.2, 0.25) is 5.91 Å². The highest BCUT2D eigenvalue weighted by Crippen LogP contribution is 2.31. The Hall–Kier alpha value is -2.32. The molecule has 0 aliphatic carbocycles. The number of alkyl halides is 3. The van der Waals surface area contributed by atoms with E-state index >= 15 is 0 Å². The second-order valence-electron chi connectivity index (χ2n) is 3.72. The topological polar surface area (TPSA) is 78.4 Å². The maximum atomic E-state index is 13.4. The van der Waals surface area contributed by atoms with Crippen molar-refractivity contribution in [3.63, 3.8) is 0 Å². The number of carboxylic acid groups (broad SMARTS) is 1. The fourth-order valence-electron chi connectivity index (χ4n) is 1.25. The van der Waals surface area contributed by atoms with Gasteiger partial charge in [0.15, 0.2) is 0 Å². The van der Waals surface area contributed by atoms with E-state index in [2.05, 4.69) is 5.32 Å². The van der Waals surface area contributed by atoms with Gasteiger partial charge in [-0.25, -0.2) is 4.39 Å². The molecule has 3 N–H and O–H groups in total. The lowest BCUT2D eigenvalue weighted by molar-refractivity contribution is -0.138. The number of amides is 1. The Labute approximate surface area is 110 Å². The molecule has 1 aromatic rings. The number of carbonyl (C=O) groups excluding carboxylic acids is 1. The first-order chi connectivity index (χ1) is 9.20. The zero-order valence-corrected chi connectivity index (χ0v) is 9.92. The van der Waals surface area contributed by atoms with Crippen LogP contribution >= 0.6 is 0 Å². The van der Waals surface area contributed by atoms with Crippen LogP contribution in [0.2, 0.25) is 0 Å². The average molecular weight is 294 g/mol. The van der Waals surface area contributed by atoms with Crippen LogP contribution in [0, 0.1) is 5.82 Å². The fourth-order valence-corrected chi connectivity index (χ4v) is 1.25. The van der Waals surface area contributed by atoms with Gasteiger partial charge in [-0.2, -0.15) is 13.2 Å². The second-order valence-corrected chi connectivity index (χ2v) is 3.72. The summed E-state index contributed by atoms with van der Waals surface area (Å²) in [6.07, 6.45) is -4.65. The summed E-state index contributed by atoms with van der Waals surface area (Å²) in [6, 6.07) is 1.82. The van der Waals surface area contributed by atoms with E-state index in [-0.39, 0.29) is 5.69 Å². The lowest BCUT2D eigenvalue weighted by Crippen LogP contribution is -2.34. The summed E-state index contributed by atoms with van der Waals surface area (Å²) in [5.74, 6) is -3.14. The largest absolute Gasteiger partial charge is 0.480 e. The van der Waals surface area contributed by atoms with Crippen molar-refractivity contribution < 1.29 is 32.3 Å². The zero-order valence-electron chi connectivity index (χ0n) is 9.92. The van der Waals surface area contributed by atoms with E-state index in [0.29, 0.717) is 12.1 Å². The van der Waals surface area contributed by atoms with Gasteiger partial charge < -0.3 is 15.7 Å². The summed E-state index contributed by atoms with van der Waals surface area (Å²) in [7, 11) is 0. The Kier molecular flexibility index (Phi) is 4.89. The van der Waals surface area contributed by atoms with E-state index in [9.17, 15) is 27.2 Å². The standard InChI is InChI=1S/C11H10F4N2O3/c12-7-3-6(11(13,14)15)1-2-8(7)16-4-9(18)17-5-10(19)20/h1-3,16H,4-5H2,(H,17,18)(H,19,20). The number of nitrogens with one attached hydrogen (secondary N) is 2. The summed E-state index contributed by atoms with van der Waals surface area (Å²) < 4.78 is 50.2. The van der Waals surface area contributed by atoms with Gasteiger partial charge in [-0.3, -0.25) is 9.59 Å². The number of hydrogen-bond donors (Lipinski definition) is 3. The minimum atomic E-state index is -4.65. The van der Waals surface area contributed by atoms with Crippen LogP contribution in [-0.2, 0) is 15.8 Å². The molecule has 0 aliphatic heterocycles. The van der Waals surface area contributed by atoms with E-state index in [1.807, 2.05) is 5.32 Å². The molecular weight excluding hydrogens is 284 g/mol. The van der Waals surface area contributed by atoms with Crippen molar-refractivity contribution in [2.75, 3.05) is 18.4 Å². The van der Waals surface area contributed by atoms with E-state index in [0.717, 1.165) is 6.07 Å². The molecule has 0 saturated heterocycles. The number of rotatable bonds is 5. The van der Waals surface area contributed by atoms with Crippen molar-refractivity contribution in [1.82, 2.24) is 5.32 Å². The van der Waals surface area contributed by atoms with Crippen LogP contribution in [0.4, 0.5) is 23.2 Å². The lowest BCUT2D eigenvalue weighted by atomic mass is 10.2. The summed E-state index contributed by atoms with van der Waals surface area (Å²) in [6.45, 7) is -1.06. The molecule has 0 spiro atoms. The number of aliphatic carboxylic acids is 1. The quantitative estimate of drug-likeness (QED) is 0.718. The molecule has 9 heteroatoms. The van der Waals surface area contributed by atoms with E-state index in [1.54, 1.807) is 0 Å². The molecule has 5 nitrogen and oxygen atoms in total. The summed E-state index contributed by atoms with van der Waals surface area (Å²) >= 11 is 0. The molecule has 0 aliphatic rings. The number of carbonyl (C=O) groups is 2. The molecule has 0 heterocycles. The summed E-state index contributed by atoms with van der Waals surface area (Å²) in [4.78, 5) is 21.3. The monoisotopic (exact) mass is 294 g/mol. The predicted octanol–water partition coefficient (Wildman–Crippen LogP) is 1.46. The minimum absolute atomic E-state index is 0.288. The molecule has 0 radical (unpaired) electrons. The fraction of sp³-hybridized carbons (Fsp3) is 0.273. The van der Waals surface area contributed by atoms with Gasteiger partial charge in [0, 0.05) is 0 Å².